The summed E-state index contributed by atoms with van der Waals surface area (Å²) in [6.45, 7) is 6.17. The van der Waals surface area contributed by atoms with Crippen LogP contribution < -0.4 is 9.80 Å². The Balaban J connectivity index is 1.31. The SMILES string of the molecule is Fc1ccc(CN2CCN(c3ccc(N4CCCCC4)nn3)CC2)cc1F. The molecule has 1 aromatic carbocycles. The molecule has 2 aromatic rings. The van der Waals surface area contributed by atoms with Crippen LogP contribution in [0.5, 0.6) is 0 Å². The number of nitrogens with zero attached hydrogens (tertiary/aromatic N) is 5. The first-order valence-corrected chi connectivity index (χ1v) is 9.69. The van der Waals surface area contributed by atoms with Crippen molar-refractivity contribution in [3.63, 3.8) is 0 Å². The number of halogens is 2. The summed E-state index contributed by atoms with van der Waals surface area (Å²) in [7, 11) is 0. The summed E-state index contributed by atoms with van der Waals surface area (Å²) in [6, 6.07) is 8.26. The molecular weight excluding hydrogens is 348 g/mol. The van der Waals surface area contributed by atoms with Gasteiger partial charge in [0.1, 0.15) is 0 Å². The summed E-state index contributed by atoms with van der Waals surface area (Å²) in [5.74, 6) is 0.295. The van der Waals surface area contributed by atoms with E-state index in [-0.39, 0.29) is 0 Å². The highest BCUT2D eigenvalue weighted by atomic mass is 19.2. The standard InChI is InChI=1S/C20H25F2N5/c21-17-5-4-16(14-18(17)22)15-25-10-12-27(13-11-25)20-7-6-19(23-24-20)26-8-2-1-3-9-26/h4-7,14H,1-3,8-13,15H2. The number of hydrogen-bond acceptors (Lipinski definition) is 5. The van der Waals surface area contributed by atoms with Gasteiger partial charge in [-0.25, -0.2) is 8.78 Å². The van der Waals surface area contributed by atoms with Crippen LogP contribution in [0.1, 0.15) is 24.8 Å². The number of hydrogen-bond donors (Lipinski definition) is 0. The van der Waals surface area contributed by atoms with Crippen LogP contribution in [-0.4, -0.2) is 54.4 Å². The van der Waals surface area contributed by atoms with Crippen LogP contribution in [0.2, 0.25) is 0 Å². The van der Waals surface area contributed by atoms with Crippen molar-refractivity contribution in [2.75, 3.05) is 49.1 Å². The molecule has 0 unspecified atom stereocenters. The van der Waals surface area contributed by atoms with E-state index in [2.05, 4.69) is 37.0 Å². The van der Waals surface area contributed by atoms with E-state index < -0.39 is 11.6 Å². The number of rotatable bonds is 4. The first kappa shape index (κ1) is 18.1. The lowest BCUT2D eigenvalue weighted by atomic mass is 10.1. The molecule has 2 aliphatic heterocycles. The lowest BCUT2D eigenvalue weighted by molar-refractivity contribution is 0.248. The average Bonchev–Trinajstić information content (AvgIpc) is 2.72. The summed E-state index contributed by atoms with van der Waals surface area (Å²) >= 11 is 0. The van der Waals surface area contributed by atoms with Crippen LogP contribution in [0.4, 0.5) is 20.4 Å². The predicted molar refractivity (Wildman–Crippen MR) is 102 cm³/mol. The fourth-order valence-corrected chi connectivity index (χ4v) is 3.81. The van der Waals surface area contributed by atoms with Crippen molar-refractivity contribution in [2.45, 2.75) is 25.8 Å². The van der Waals surface area contributed by atoms with Gasteiger partial charge in [0.15, 0.2) is 23.3 Å². The molecule has 2 fully saturated rings. The third kappa shape index (κ3) is 4.35. The number of anilines is 2. The molecular formula is C20H25F2N5. The van der Waals surface area contributed by atoms with Crippen LogP contribution in [0, 0.1) is 11.6 Å². The van der Waals surface area contributed by atoms with Gasteiger partial charge in [0, 0.05) is 45.8 Å². The van der Waals surface area contributed by atoms with Gasteiger partial charge in [-0.2, -0.15) is 0 Å². The van der Waals surface area contributed by atoms with Crippen molar-refractivity contribution in [3.8, 4) is 0 Å². The van der Waals surface area contributed by atoms with E-state index in [1.165, 1.54) is 31.4 Å². The Morgan fingerprint density at radius 3 is 1.93 bits per heavy atom. The Morgan fingerprint density at radius 2 is 1.33 bits per heavy atom. The molecule has 0 saturated carbocycles. The van der Waals surface area contributed by atoms with Gasteiger partial charge >= 0.3 is 0 Å². The van der Waals surface area contributed by atoms with Gasteiger partial charge < -0.3 is 9.80 Å². The topological polar surface area (TPSA) is 35.5 Å². The van der Waals surface area contributed by atoms with Gasteiger partial charge in [-0.1, -0.05) is 6.07 Å². The quantitative estimate of drug-likeness (QED) is 0.823. The van der Waals surface area contributed by atoms with Crippen molar-refractivity contribution >= 4 is 11.6 Å². The maximum Gasteiger partial charge on any atom is 0.159 e. The van der Waals surface area contributed by atoms with Gasteiger partial charge in [0.25, 0.3) is 0 Å². The molecule has 1 aromatic heterocycles. The smallest absolute Gasteiger partial charge is 0.159 e. The van der Waals surface area contributed by atoms with Gasteiger partial charge in [0.05, 0.1) is 0 Å². The van der Waals surface area contributed by atoms with Crippen LogP contribution in [0.15, 0.2) is 30.3 Å². The second-order valence-electron chi connectivity index (χ2n) is 7.31. The number of piperidine rings is 1. The Kier molecular flexibility index (Phi) is 5.48. The molecule has 2 saturated heterocycles. The molecule has 2 aliphatic rings. The molecule has 0 spiro atoms. The van der Waals surface area contributed by atoms with Crippen LogP contribution in [-0.2, 0) is 6.54 Å². The van der Waals surface area contributed by atoms with Gasteiger partial charge in [-0.15, -0.1) is 10.2 Å². The molecule has 0 radical (unpaired) electrons. The van der Waals surface area contributed by atoms with Crippen molar-refractivity contribution < 1.29 is 8.78 Å². The number of aromatic nitrogens is 2. The summed E-state index contributed by atoms with van der Waals surface area (Å²) in [5, 5.41) is 8.86. The Morgan fingerprint density at radius 1 is 0.704 bits per heavy atom. The number of piperazine rings is 1. The molecule has 5 nitrogen and oxygen atoms in total. The lowest BCUT2D eigenvalue weighted by Crippen LogP contribution is -2.46. The fourth-order valence-electron chi connectivity index (χ4n) is 3.81. The average molecular weight is 373 g/mol. The summed E-state index contributed by atoms with van der Waals surface area (Å²) in [6.07, 6.45) is 3.75. The minimum atomic E-state index is -0.796. The Labute approximate surface area is 158 Å². The lowest BCUT2D eigenvalue weighted by Gasteiger charge is -2.35. The van der Waals surface area contributed by atoms with E-state index in [9.17, 15) is 8.78 Å². The molecule has 144 valence electrons. The highest BCUT2D eigenvalue weighted by molar-refractivity contribution is 5.45. The zero-order valence-corrected chi connectivity index (χ0v) is 15.4. The highest BCUT2D eigenvalue weighted by Crippen LogP contribution is 2.20. The van der Waals surface area contributed by atoms with E-state index in [4.69, 9.17) is 0 Å². The highest BCUT2D eigenvalue weighted by Gasteiger charge is 2.20. The van der Waals surface area contributed by atoms with Crippen molar-refractivity contribution in [2.24, 2.45) is 0 Å². The minimum absolute atomic E-state index is 0.630. The summed E-state index contributed by atoms with van der Waals surface area (Å²) in [5.41, 5.74) is 0.799. The normalized spacial score (nSPS) is 18.7. The summed E-state index contributed by atoms with van der Waals surface area (Å²) < 4.78 is 26.4. The molecule has 0 N–H and O–H groups in total. The van der Waals surface area contributed by atoms with E-state index in [1.807, 2.05) is 0 Å². The predicted octanol–water partition coefficient (Wildman–Crippen LogP) is 3.07. The van der Waals surface area contributed by atoms with Crippen LogP contribution in [0.3, 0.4) is 0 Å². The van der Waals surface area contributed by atoms with Gasteiger partial charge in [-0.05, 0) is 49.1 Å². The van der Waals surface area contributed by atoms with Gasteiger partial charge in [0.2, 0.25) is 0 Å². The van der Waals surface area contributed by atoms with Crippen molar-refractivity contribution in [1.82, 2.24) is 15.1 Å². The molecule has 0 amide bonds. The van der Waals surface area contributed by atoms with Gasteiger partial charge in [-0.3, -0.25) is 4.90 Å². The molecule has 3 heterocycles. The Bertz CT molecular complexity index is 753. The van der Waals surface area contributed by atoms with Crippen LogP contribution in [0.25, 0.3) is 0 Å². The second kappa shape index (κ2) is 8.17. The monoisotopic (exact) mass is 373 g/mol. The molecule has 0 atom stereocenters. The number of benzene rings is 1. The molecule has 0 bridgehead atoms. The molecule has 7 heteroatoms. The third-order valence-electron chi connectivity index (χ3n) is 5.40. The molecule has 0 aliphatic carbocycles. The maximum atomic E-state index is 13.4. The van der Waals surface area contributed by atoms with E-state index in [0.29, 0.717) is 6.54 Å². The largest absolute Gasteiger partial charge is 0.355 e. The van der Waals surface area contributed by atoms with E-state index in [1.54, 1.807) is 6.07 Å². The van der Waals surface area contributed by atoms with Crippen molar-refractivity contribution in [3.05, 3.63) is 47.5 Å². The third-order valence-corrected chi connectivity index (χ3v) is 5.40. The fraction of sp³-hybridized carbons (Fsp3) is 0.500. The van der Waals surface area contributed by atoms with Crippen molar-refractivity contribution in [1.29, 1.82) is 0 Å². The zero-order valence-electron chi connectivity index (χ0n) is 15.4. The van der Waals surface area contributed by atoms with E-state index in [0.717, 1.165) is 56.5 Å². The second-order valence-corrected chi connectivity index (χ2v) is 7.31. The summed E-state index contributed by atoms with van der Waals surface area (Å²) in [4.78, 5) is 6.79. The van der Waals surface area contributed by atoms with Crippen LogP contribution >= 0.6 is 0 Å². The first-order chi connectivity index (χ1) is 13.2. The molecule has 4 rings (SSSR count). The zero-order chi connectivity index (χ0) is 18.6. The van der Waals surface area contributed by atoms with E-state index >= 15 is 0 Å². The first-order valence-electron chi connectivity index (χ1n) is 9.69. The minimum Gasteiger partial charge on any atom is -0.355 e. The maximum absolute atomic E-state index is 13.4. The Hall–Kier alpha value is -2.28. The molecule has 27 heavy (non-hydrogen) atoms.